The number of ether oxygens (including phenoxy) is 1. The highest BCUT2D eigenvalue weighted by Gasteiger charge is 2.38. The number of hydrogen-bond acceptors (Lipinski definition) is 3. The van der Waals surface area contributed by atoms with Crippen LogP contribution in [0.5, 0.6) is 0 Å². The molecule has 2 N–H and O–H groups in total. The highest BCUT2D eigenvalue weighted by atomic mass is 16.6. The number of rotatable bonds is 1. The topological polar surface area (TPSA) is 67.4 Å². The van der Waals surface area contributed by atoms with Crippen molar-refractivity contribution in [2.75, 3.05) is 0 Å². The smallest absolute Gasteiger partial charge is 0.407 e. The summed E-state index contributed by atoms with van der Waals surface area (Å²) >= 11 is 0. The van der Waals surface area contributed by atoms with Crippen LogP contribution in [0.25, 0.3) is 0 Å². The van der Waals surface area contributed by atoms with Gasteiger partial charge in [-0.15, -0.1) is 0 Å². The Morgan fingerprint density at radius 2 is 2.11 bits per heavy atom. The van der Waals surface area contributed by atoms with Crippen molar-refractivity contribution in [2.45, 2.75) is 64.1 Å². The van der Waals surface area contributed by atoms with Crippen molar-refractivity contribution < 1.29 is 14.3 Å². The molecular formula is C13H22N2O3. The average molecular weight is 254 g/mol. The third-order valence-corrected chi connectivity index (χ3v) is 3.50. The molecule has 1 heterocycles. The van der Waals surface area contributed by atoms with Gasteiger partial charge < -0.3 is 15.4 Å². The first kappa shape index (κ1) is 13.2. The summed E-state index contributed by atoms with van der Waals surface area (Å²) in [7, 11) is 0. The van der Waals surface area contributed by atoms with Crippen LogP contribution in [0.15, 0.2) is 0 Å². The first-order valence-corrected chi connectivity index (χ1v) is 6.62. The van der Waals surface area contributed by atoms with Crippen LogP contribution >= 0.6 is 0 Å². The van der Waals surface area contributed by atoms with E-state index in [4.69, 9.17) is 4.74 Å². The largest absolute Gasteiger partial charge is 0.444 e. The third kappa shape index (κ3) is 3.37. The van der Waals surface area contributed by atoms with E-state index in [9.17, 15) is 9.59 Å². The zero-order chi connectivity index (χ0) is 13.3. The predicted molar refractivity (Wildman–Crippen MR) is 67.0 cm³/mol. The molecule has 102 valence electrons. The van der Waals surface area contributed by atoms with Crippen LogP contribution < -0.4 is 10.6 Å². The monoisotopic (exact) mass is 254 g/mol. The highest BCUT2D eigenvalue weighted by molar-refractivity contribution is 5.79. The number of fused-ring (bicyclic) bond motifs is 1. The fourth-order valence-corrected chi connectivity index (χ4v) is 2.79. The lowest BCUT2D eigenvalue weighted by atomic mass is 9.82. The van der Waals surface area contributed by atoms with Crippen molar-refractivity contribution in [1.82, 2.24) is 10.6 Å². The Morgan fingerprint density at radius 1 is 1.39 bits per heavy atom. The molecule has 0 aromatic rings. The van der Waals surface area contributed by atoms with Crippen molar-refractivity contribution in [3.8, 4) is 0 Å². The number of hydrogen-bond donors (Lipinski definition) is 2. The van der Waals surface area contributed by atoms with Gasteiger partial charge in [-0.1, -0.05) is 0 Å². The predicted octanol–water partition coefficient (Wildman–Crippen LogP) is 1.57. The maximum atomic E-state index is 11.7. The maximum absolute atomic E-state index is 11.7. The minimum atomic E-state index is -0.466. The zero-order valence-electron chi connectivity index (χ0n) is 11.3. The molecule has 5 nitrogen and oxygen atoms in total. The second kappa shape index (κ2) is 4.78. The molecular weight excluding hydrogens is 232 g/mol. The van der Waals surface area contributed by atoms with Crippen molar-refractivity contribution >= 4 is 12.0 Å². The molecule has 1 saturated heterocycles. The van der Waals surface area contributed by atoms with E-state index in [-0.39, 0.29) is 18.0 Å². The summed E-state index contributed by atoms with van der Waals surface area (Å²) in [6.07, 6.45) is 2.94. The van der Waals surface area contributed by atoms with Crippen LogP contribution in [0.4, 0.5) is 4.79 Å². The second-order valence-electron chi connectivity index (χ2n) is 6.29. The quantitative estimate of drug-likeness (QED) is 0.746. The maximum Gasteiger partial charge on any atom is 0.407 e. The summed E-state index contributed by atoms with van der Waals surface area (Å²) in [5.74, 6) is 0.508. The molecule has 0 aromatic carbocycles. The summed E-state index contributed by atoms with van der Waals surface area (Å²) in [4.78, 5) is 23.0. The minimum Gasteiger partial charge on any atom is -0.444 e. The van der Waals surface area contributed by atoms with Crippen LogP contribution in [0.1, 0.15) is 46.5 Å². The normalized spacial score (nSPS) is 31.5. The number of alkyl carbamates (subject to hydrolysis) is 1. The SMILES string of the molecule is CC(C)(C)OC(=O)N[C@H]1CC[C@@H]2NC(=O)C[C@@H]2C1. The molecule has 5 heteroatoms. The third-order valence-electron chi connectivity index (χ3n) is 3.50. The minimum absolute atomic E-state index is 0.133. The van der Waals surface area contributed by atoms with E-state index in [1.807, 2.05) is 20.8 Å². The molecule has 0 spiro atoms. The van der Waals surface area contributed by atoms with Gasteiger partial charge in [-0.2, -0.15) is 0 Å². The Labute approximate surface area is 108 Å². The summed E-state index contributed by atoms with van der Waals surface area (Å²) in [6, 6.07) is 0.447. The molecule has 1 aliphatic heterocycles. The number of nitrogens with one attached hydrogen (secondary N) is 2. The second-order valence-corrected chi connectivity index (χ2v) is 6.29. The van der Waals surface area contributed by atoms with E-state index in [0.29, 0.717) is 18.4 Å². The molecule has 2 aliphatic rings. The summed E-state index contributed by atoms with van der Waals surface area (Å²) in [6.45, 7) is 5.55. The molecule has 0 radical (unpaired) electrons. The molecule has 2 amide bonds. The van der Waals surface area contributed by atoms with E-state index < -0.39 is 5.60 Å². The van der Waals surface area contributed by atoms with E-state index in [1.54, 1.807) is 0 Å². The van der Waals surface area contributed by atoms with Crippen LogP contribution in [-0.2, 0) is 9.53 Å². The van der Waals surface area contributed by atoms with Gasteiger partial charge >= 0.3 is 6.09 Å². The lowest BCUT2D eigenvalue weighted by molar-refractivity contribution is -0.119. The van der Waals surface area contributed by atoms with Gasteiger partial charge in [-0.25, -0.2) is 4.79 Å². The van der Waals surface area contributed by atoms with Crippen molar-refractivity contribution in [3.63, 3.8) is 0 Å². The Kier molecular flexibility index (Phi) is 3.50. The first-order valence-electron chi connectivity index (χ1n) is 6.62. The standard InChI is InChI=1S/C13H22N2O3/c1-13(2,3)18-12(17)14-9-4-5-10-8(6-9)7-11(16)15-10/h8-10H,4-7H2,1-3H3,(H,14,17)(H,15,16)/t8-,9-,10-/m0/s1. The van der Waals surface area contributed by atoms with Gasteiger partial charge in [-0.05, 0) is 46.0 Å². The van der Waals surface area contributed by atoms with Gasteiger partial charge in [0.15, 0.2) is 0 Å². The first-order chi connectivity index (χ1) is 8.33. The van der Waals surface area contributed by atoms with Crippen LogP contribution in [0.2, 0.25) is 0 Å². The number of carbonyl (C=O) groups excluding carboxylic acids is 2. The van der Waals surface area contributed by atoms with E-state index in [1.165, 1.54) is 0 Å². The lowest BCUT2D eigenvalue weighted by Crippen LogP contribution is -2.45. The van der Waals surface area contributed by atoms with Crippen LogP contribution in [0, 0.1) is 5.92 Å². The summed E-state index contributed by atoms with van der Waals surface area (Å²) in [5, 5.41) is 5.89. The molecule has 1 saturated carbocycles. The fraction of sp³-hybridized carbons (Fsp3) is 0.846. The molecule has 0 aromatic heterocycles. The van der Waals surface area contributed by atoms with Crippen LogP contribution in [-0.4, -0.2) is 29.7 Å². The molecule has 0 unspecified atom stereocenters. The average Bonchev–Trinajstić information content (AvgIpc) is 2.53. The fourth-order valence-electron chi connectivity index (χ4n) is 2.79. The molecule has 2 fully saturated rings. The number of amides is 2. The van der Waals surface area contributed by atoms with Crippen molar-refractivity contribution in [1.29, 1.82) is 0 Å². The lowest BCUT2D eigenvalue weighted by Gasteiger charge is -2.32. The Balaban J connectivity index is 1.81. The van der Waals surface area contributed by atoms with E-state index >= 15 is 0 Å². The van der Waals surface area contributed by atoms with Gasteiger partial charge in [0, 0.05) is 18.5 Å². The molecule has 2 rings (SSSR count). The zero-order valence-corrected chi connectivity index (χ0v) is 11.3. The molecule has 0 bridgehead atoms. The summed E-state index contributed by atoms with van der Waals surface area (Å²) < 4.78 is 5.24. The Morgan fingerprint density at radius 3 is 2.78 bits per heavy atom. The molecule has 3 atom stereocenters. The molecule has 18 heavy (non-hydrogen) atoms. The Hall–Kier alpha value is -1.26. The van der Waals surface area contributed by atoms with Crippen LogP contribution in [0.3, 0.4) is 0 Å². The van der Waals surface area contributed by atoms with E-state index in [2.05, 4.69) is 10.6 Å². The number of carbonyl (C=O) groups is 2. The Bertz CT molecular complexity index is 349. The van der Waals surface area contributed by atoms with Gasteiger partial charge in [0.1, 0.15) is 5.60 Å². The van der Waals surface area contributed by atoms with E-state index in [0.717, 1.165) is 19.3 Å². The van der Waals surface area contributed by atoms with Gasteiger partial charge in [0.25, 0.3) is 0 Å². The van der Waals surface area contributed by atoms with Crippen molar-refractivity contribution in [3.05, 3.63) is 0 Å². The summed E-state index contributed by atoms with van der Waals surface area (Å²) in [5.41, 5.74) is -0.466. The van der Waals surface area contributed by atoms with Gasteiger partial charge in [0.2, 0.25) is 5.91 Å². The van der Waals surface area contributed by atoms with Crippen molar-refractivity contribution in [2.24, 2.45) is 5.92 Å². The van der Waals surface area contributed by atoms with Gasteiger partial charge in [0.05, 0.1) is 0 Å². The van der Waals surface area contributed by atoms with Gasteiger partial charge in [-0.3, -0.25) is 4.79 Å². The molecule has 1 aliphatic carbocycles. The highest BCUT2D eigenvalue weighted by Crippen LogP contribution is 2.31.